The minimum Gasteiger partial charge on any atom is -0.480 e. The number of hydrogen-bond donors (Lipinski definition) is 2. The average Bonchev–Trinajstić information content (AvgIpc) is 2.38. The normalized spacial score (nSPS) is 12.5. The van der Waals surface area contributed by atoms with Crippen LogP contribution in [0.3, 0.4) is 0 Å². The van der Waals surface area contributed by atoms with E-state index in [2.05, 4.69) is 0 Å². The van der Waals surface area contributed by atoms with E-state index >= 15 is 0 Å². The van der Waals surface area contributed by atoms with Crippen molar-refractivity contribution in [1.82, 2.24) is 5.32 Å². The van der Waals surface area contributed by atoms with Crippen molar-refractivity contribution in [2.75, 3.05) is 0 Å². The number of rotatable bonds is 5. The molecule has 0 aliphatic carbocycles. The zero-order valence-electron chi connectivity index (χ0n) is 10.6. The number of aliphatic carboxylic acids is 1. The van der Waals surface area contributed by atoms with Gasteiger partial charge in [0.2, 0.25) is 5.82 Å². The van der Waals surface area contributed by atoms with Crippen molar-refractivity contribution in [3.05, 3.63) is 39.7 Å². The van der Waals surface area contributed by atoms with Crippen LogP contribution in [-0.4, -0.2) is 34.1 Å². The van der Waals surface area contributed by atoms with E-state index in [9.17, 15) is 37.3 Å². The smallest absolute Gasteiger partial charge is 0.471 e. The summed E-state index contributed by atoms with van der Waals surface area (Å²) in [6.07, 6.45) is -5.96. The quantitative estimate of drug-likeness (QED) is 0.483. The summed E-state index contributed by atoms with van der Waals surface area (Å²) in [5.41, 5.74) is -1.08. The van der Waals surface area contributed by atoms with Crippen LogP contribution in [0, 0.1) is 15.9 Å². The molecule has 0 aliphatic rings. The second-order valence-electron chi connectivity index (χ2n) is 4.11. The second-order valence-corrected chi connectivity index (χ2v) is 4.11. The van der Waals surface area contributed by atoms with E-state index < -0.39 is 46.9 Å². The molecule has 0 spiro atoms. The summed E-state index contributed by atoms with van der Waals surface area (Å²) in [5, 5.41) is 20.6. The molecule has 0 aliphatic heterocycles. The maximum Gasteiger partial charge on any atom is 0.471 e. The van der Waals surface area contributed by atoms with Gasteiger partial charge in [0.05, 0.1) is 4.92 Å². The van der Waals surface area contributed by atoms with Crippen molar-refractivity contribution >= 4 is 17.6 Å². The number of halogens is 4. The van der Waals surface area contributed by atoms with Crippen LogP contribution in [0.2, 0.25) is 0 Å². The zero-order chi connectivity index (χ0) is 17.1. The lowest BCUT2D eigenvalue weighted by Gasteiger charge is -2.15. The third-order valence-corrected chi connectivity index (χ3v) is 2.51. The van der Waals surface area contributed by atoms with E-state index in [0.29, 0.717) is 12.1 Å². The summed E-state index contributed by atoms with van der Waals surface area (Å²) < 4.78 is 49.4. The van der Waals surface area contributed by atoms with Crippen molar-refractivity contribution < 1.29 is 37.2 Å². The van der Waals surface area contributed by atoms with Crippen molar-refractivity contribution in [2.45, 2.75) is 18.6 Å². The highest BCUT2D eigenvalue weighted by molar-refractivity contribution is 5.87. The highest BCUT2D eigenvalue weighted by atomic mass is 19.4. The number of carbonyl (C=O) groups excluding carboxylic acids is 1. The molecule has 0 saturated carbocycles. The van der Waals surface area contributed by atoms with Gasteiger partial charge in [-0.15, -0.1) is 0 Å². The van der Waals surface area contributed by atoms with Gasteiger partial charge >= 0.3 is 23.7 Å². The first-order valence-electron chi connectivity index (χ1n) is 5.55. The minimum atomic E-state index is -5.28. The number of benzene rings is 1. The summed E-state index contributed by atoms with van der Waals surface area (Å²) in [7, 11) is 0. The topological polar surface area (TPSA) is 110 Å². The SMILES string of the molecule is O=C(O)[C@@H](Cc1ccc(F)c([N+](=O)[O-])c1)NC(=O)C(F)(F)F. The number of nitrogens with one attached hydrogen (secondary N) is 1. The van der Waals surface area contributed by atoms with Crippen LogP contribution < -0.4 is 5.32 Å². The summed E-state index contributed by atoms with van der Waals surface area (Å²) in [6, 6.07) is 0.361. The standard InChI is InChI=1S/C11H8F4N2O5/c12-6-2-1-5(4-8(6)17(21)22)3-7(9(18)19)16-10(20)11(13,14)15/h1-2,4,7H,3H2,(H,16,20)(H,18,19)/t7-/m1/s1. The Bertz CT molecular complexity index is 617. The molecule has 1 aromatic rings. The van der Waals surface area contributed by atoms with Crippen molar-refractivity contribution in [3.63, 3.8) is 0 Å². The van der Waals surface area contributed by atoms with Crippen LogP contribution >= 0.6 is 0 Å². The molecule has 0 saturated heterocycles. The van der Waals surface area contributed by atoms with Gasteiger partial charge in [0.15, 0.2) is 0 Å². The number of alkyl halides is 3. The van der Waals surface area contributed by atoms with Gasteiger partial charge in [-0.2, -0.15) is 17.6 Å². The van der Waals surface area contributed by atoms with Crippen molar-refractivity contribution in [2.24, 2.45) is 0 Å². The highest BCUT2D eigenvalue weighted by Crippen LogP contribution is 2.20. The van der Waals surface area contributed by atoms with Gasteiger partial charge < -0.3 is 10.4 Å². The monoisotopic (exact) mass is 324 g/mol. The maximum absolute atomic E-state index is 13.1. The fourth-order valence-electron chi connectivity index (χ4n) is 1.50. The van der Waals surface area contributed by atoms with Crippen LogP contribution in [0.4, 0.5) is 23.2 Å². The summed E-state index contributed by atoms with van der Waals surface area (Å²) in [4.78, 5) is 31.1. The van der Waals surface area contributed by atoms with E-state index in [-0.39, 0.29) is 5.56 Å². The number of nitro benzene ring substituents is 1. The van der Waals surface area contributed by atoms with E-state index in [1.807, 2.05) is 0 Å². The summed E-state index contributed by atoms with van der Waals surface area (Å²) >= 11 is 0. The molecule has 1 rings (SSSR count). The van der Waals surface area contributed by atoms with Crippen LogP contribution in [0.1, 0.15) is 5.56 Å². The first-order valence-corrected chi connectivity index (χ1v) is 5.55. The molecule has 0 heterocycles. The van der Waals surface area contributed by atoms with E-state index in [4.69, 9.17) is 5.11 Å². The molecule has 0 radical (unpaired) electrons. The number of nitrogens with zero attached hydrogens (tertiary/aromatic N) is 1. The molecule has 0 aromatic heterocycles. The Morgan fingerprint density at radius 3 is 2.41 bits per heavy atom. The third kappa shape index (κ3) is 4.40. The van der Waals surface area contributed by atoms with Gasteiger partial charge in [-0.25, -0.2) is 4.79 Å². The summed E-state index contributed by atoms with van der Waals surface area (Å²) in [5.74, 6) is -5.42. The minimum absolute atomic E-state index is 0.122. The molecule has 0 unspecified atom stereocenters. The number of carboxylic acid groups (broad SMARTS) is 1. The fraction of sp³-hybridized carbons (Fsp3) is 0.273. The van der Waals surface area contributed by atoms with Gasteiger partial charge in [0.25, 0.3) is 0 Å². The highest BCUT2D eigenvalue weighted by Gasteiger charge is 2.40. The van der Waals surface area contributed by atoms with Gasteiger partial charge in [-0.05, 0) is 11.6 Å². The molecule has 0 bridgehead atoms. The zero-order valence-corrected chi connectivity index (χ0v) is 10.6. The van der Waals surface area contributed by atoms with Crippen LogP contribution in [-0.2, 0) is 16.0 Å². The first-order chi connectivity index (χ1) is 10.0. The van der Waals surface area contributed by atoms with Crippen molar-refractivity contribution in [1.29, 1.82) is 0 Å². The lowest BCUT2D eigenvalue weighted by atomic mass is 10.0. The van der Waals surface area contributed by atoms with Gasteiger partial charge in [-0.1, -0.05) is 6.07 Å². The molecule has 22 heavy (non-hydrogen) atoms. The number of carbonyl (C=O) groups is 2. The Labute approximate surface area is 119 Å². The number of amides is 1. The Morgan fingerprint density at radius 2 is 1.95 bits per heavy atom. The molecule has 11 heteroatoms. The molecule has 2 N–H and O–H groups in total. The number of carboxylic acids is 1. The first kappa shape index (κ1) is 17.3. The Hall–Kier alpha value is -2.72. The Balaban J connectivity index is 2.97. The molecule has 0 fully saturated rings. The lowest BCUT2D eigenvalue weighted by Crippen LogP contribution is -2.47. The Morgan fingerprint density at radius 1 is 1.36 bits per heavy atom. The van der Waals surface area contributed by atoms with Crippen LogP contribution in [0.15, 0.2) is 18.2 Å². The molecule has 120 valence electrons. The molecule has 1 atom stereocenters. The number of nitro groups is 1. The largest absolute Gasteiger partial charge is 0.480 e. The van der Waals surface area contributed by atoms with Crippen molar-refractivity contribution in [3.8, 4) is 0 Å². The van der Waals surface area contributed by atoms with Gasteiger partial charge in [-0.3, -0.25) is 14.9 Å². The third-order valence-electron chi connectivity index (χ3n) is 2.51. The molecular formula is C11H8F4N2O5. The van der Waals surface area contributed by atoms with E-state index in [0.717, 1.165) is 6.07 Å². The molecule has 7 nitrogen and oxygen atoms in total. The second kappa shape index (κ2) is 6.37. The predicted octanol–water partition coefficient (Wildman–Crippen LogP) is 1.41. The molecular weight excluding hydrogens is 316 g/mol. The maximum atomic E-state index is 13.1. The Kier molecular flexibility index (Phi) is 5.02. The van der Waals surface area contributed by atoms with Crippen LogP contribution in [0.5, 0.6) is 0 Å². The predicted molar refractivity (Wildman–Crippen MR) is 62.4 cm³/mol. The fourth-order valence-corrected chi connectivity index (χ4v) is 1.50. The average molecular weight is 324 g/mol. The molecule has 1 aromatic carbocycles. The van der Waals surface area contributed by atoms with E-state index in [1.54, 1.807) is 0 Å². The number of hydrogen-bond acceptors (Lipinski definition) is 4. The summed E-state index contributed by atoms with van der Waals surface area (Å²) in [6.45, 7) is 0. The van der Waals surface area contributed by atoms with E-state index in [1.165, 1.54) is 5.32 Å². The van der Waals surface area contributed by atoms with Crippen LogP contribution in [0.25, 0.3) is 0 Å². The van der Waals surface area contributed by atoms with Gasteiger partial charge in [0, 0.05) is 12.5 Å². The lowest BCUT2D eigenvalue weighted by molar-refractivity contribution is -0.387. The molecule has 1 amide bonds. The van der Waals surface area contributed by atoms with Gasteiger partial charge in [0.1, 0.15) is 6.04 Å².